The molecule has 1 aliphatic heterocycles. The van der Waals surface area contributed by atoms with E-state index in [4.69, 9.17) is 21.1 Å². The van der Waals surface area contributed by atoms with Crippen LogP contribution in [0.2, 0.25) is 5.02 Å². The van der Waals surface area contributed by atoms with Gasteiger partial charge in [-0.1, -0.05) is 29.8 Å². The van der Waals surface area contributed by atoms with Crippen LogP contribution in [-0.2, 0) is 9.59 Å². The van der Waals surface area contributed by atoms with Gasteiger partial charge in [-0.25, -0.2) is 0 Å². The zero-order valence-electron chi connectivity index (χ0n) is 18.0. The number of methoxy groups -OCH3 is 1. The molecule has 1 aliphatic rings. The minimum absolute atomic E-state index is 0.125. The lowest BCUT2D eigenvalue weighted by Gasteiger charge is -2.26. The van der Waals surface area contributed by atoms with Crippen molar-refractivity contribution in [1.29, 1.82) is 0 Å². The predicted molar refractivity (Wildman–Crippen MR) is 125 cm³/mol. The third kappa shape index (κ3) is 4.03. The molecule has 1 fully saturated rings. The molecule has 168 valence electrons. The Kier molecular flexibility index (Phi) is 6.33. The Balaban J connectivity index is 1.97. The lowest BCUT2D eigenvalue weighted by Crippen LogP contribution is -2.30. The average Bonchev–Trinajstić information content (AvgIpc) is 3.11. The van der Waals surface area contributed by atoms with Crippen molar-refractivity contribution in [2.45, 2.75) is 13.0 Å². The molecule has 8 heteroatoms. The lowest BCUT2D eigenvalue weighted by molar-refractivity contribution is -0.132. The van der Waals surface area contributed by atoms with Gasteiger partial charge < -0.3 is 14.6 Å². The fourth-order valence-electron chi connectivity index (χ4n) is 3.81. The maximum absolute atomic E-state index is 13.3. The van der Waals surface area contributed by atoms with Gasteiger partial charge in [-0.15, -0.1) is 0 Å². The van der Waals surface area contributed by atoms with Crippen molar-refractivity contribution in [3.63, 3.8) is 0 Å². The van der Waals surface area contributed by atoms with Gasteiger partial charge in [0.2, 0.25) is 0 Å². The summed E-state index contributed by atoms with van der Waals surface area (Å²) in [6.07, 6.45) is 1.56. The quantitative estimate of drug-likeness (QED) is 0.321. The number of pyridine rings is 1. The second-order valence-corrected chi connectivity index (χ2v) is 7.58. The molecule has 1 atom stereocenters. The summed E-state index contributed by atoms with van der Waals surface area (Å²) in [5, 5.41) is 11.5. The number of ketones is 1. The Hall–Kier alpha value is -3.84. The molecule has 0 radical (unpaired) electrons. The summed E-state index contributed by atoms with van der Waals surface area (Å²) in [4.78, 5) is 32.2. The molecule has 2 heterocycles. The Morgan fingerprint density at radius 3 is 2.58 bits per heavy atom. The van der Waals surface area contributed by atoms with E-state index in [0.717, 1.165) is 0 Å². The summed E-state index contributed by atoms with van der Waals surface area (Å²) >= 11 is 6.35. The first kappa shape index (κ1) is 22.4. The monoisotopic (exact) mass is 464 g/mol. The molecular formula is C25H21ClN2O5. The van der Waals surface area contributed by atoms with Crippen LogP contribution in [0.15, 0.2) is 72.4 Å². The van der Waals surface area contributed by atoms with Crippen LogP contribution in [0.4, 0.5) is 5.69 Å². The third-order valence-electron chi connectivity index (χ3n) is 5.26. The molecule has 4 rings (SSSR count). The number of aliphatic hydroxyl groups excluding tert-OH is 1. The van der Waals surface area contributed by atoms with Crippen molar-refractivity contribution in [2.24, 2.45) is 0 Å². The van der Waals surface area contributed by atoms with E-state index in [2.05, 4.69) is 4.98 Å². The number of aliphatic hydroxyl groups is 1. The highest BCUT2D eigenvalue weighted by molar-refractivity contribution is 6.52. The topological polar surface area (TPSA) is 89.0 Å². The highest BCUT2D eigenvalue weighted by Crippen LogP contribution is 2.45. The number of halogens is 1. The van der Waals surface area contributed by atoms with Crippen molar-refractivity contribution in [3.05, 3.63) is 88.7 Å². The van der Waals surface area contributed by atoms with Gasteiger partial charge >= 0.3 is 0 Å². The van der Waals surface area contributed by atoms with Crippen molar-refractivity contribution in [2.75, 3.05) is 18.6 Å². The summed E-state index contributed by atoms with van der Waals surface area (Å²) in [5.41, 5.74) is 0.842. The van der Waals surface area contributed by atoms with E-state index in [1.54, 1.807) is 60.8 Å². The predicted octanol–water partition coefficient (Wildman–Crippen LogP) is 4.77. The van der Waals surface area contributed by atoms with Gasteiger partial charge in [0.05, 0.1) is 35.7 Å². The zero-order chi connectivity index (χ0) is 23.5. The minimum Gasteiger partial charge on any atom is -0.507 e. The summed E-state index contributed by atoms with van der Waals surface area (Å²) < 4.78 is 10.9. The summed E-state index contributed by atoms with van der Waals surface area (Å²) in [5.74, 6) is -1.21. The van der Waals surface area contributed by atoms with Crippen LogP contribution in [0.25, 0.3) is 5.76 Å². The lowest BCUT2D eigenvalue weighted by atomic mass is 9.98. The maximum Gasteiger partial charge on any atom is 0.300 e. The first-order chi connectivity index (χ1) is 16.0. The normalized spacial score (nSPS) is 17.3. The second-order valence-electron chi connectivity index (χ2n) is 7.17. The number of rotatable bonds is 6. The van der Waals surface area contributed by atoms with Crippen molar-refractivity contribution in [3.8, 4) is 11.5 Å². The van der Waals surface area contributed by atoms with Crippen LogP contribution in [0, 0.1) is 0 Å². The number of hydrogen-bond donors (Lipinski definition) is 1. The van der Waals surface area contributed by atoms with Crippen molar-refractivity contribution >= 4 is 34.7 Å². The number of carbonyl (C=O) groups excluding carboxylic acids is 2. The standard InChI is InChI=1S/C25H21ClN2O5/c1-3-33-15-11-12-17(26)16(14-15)23(29)21-22(18-8-6-7-13-27-18)28(25(31)24(21)30)19-9-4-5-10-20(19)32-2/h4-14,22,29H,3H2,1-2H3/b23-21+. The van der Waals surface area contributed by atoms with Crippen LogP contribution in [0.1, 0.15) is 24.2 Å². The molecule has 33 heavy (non-hydrogen) atoms. The summed E-state index contributed by atoms with van der Waals surface area (Å²) in [6, 6.07) is 15.8. The van der Waals surface area contributed by atoms with Gasteiger partial charge in [-0.2, -0.15) is 0 Å². The Morgan fingerprint density at radius 1 is 1.12 bits per heavy atom. The highest BCUT2D eigenvalue weighted by Gasteiger charge is 2.48. The number of carbonyl (C=O) groups is 2. The maximum atomic E-state index is 13.3. The number of benzene rings is 2. The first-order valence-corrected chi connectivity index (χ1v) is 10.6. The average molecular weight is 465 g/mol. The van der Waals surface area contributed by atoms with Gasteiger partial charge in [-0.3, -0.25) is 19.5 Å². The van der Waals surface area contributed by atoms with E-state index in [0.29, 0.717) is 29.5 Å². The first-order valence-electron chi connectivity index (χ1n) is 10.3. The summed E-state index contributed by atoms with van der Waals surface area (Å²) in [6.45, 7) is 2.24. The van der Waals surface area contributed by atoms with Crippen molar-refractivity contribution in [1.82, 2.24) is 4.98 Å². The van der Waals surface area contributed by atoms with E-state index in [9.17, 15) is 14.7 Å². The number of hydrogen-bond acceptors (Lipinski definition) is 6. The molecule has 0 bridgehead atoms. The number of anilines is 1. The number of Topliss-reactive ketones (excluding diaryl/α,β-unsaturated/α-hetero) is 1. The summed E-state index contributed by atoms with van der Waals surface area (Å²) in [7, 11) is 1.48. The molecule has 1 saturated heterocycles. The van der Waals surface area contributed by atoms with E-state index in [1.807, 2.05) is 6.92 Å². The van der Waals surface area contributed by atoms with Crippen LogP contribution >= 0.6 is 11.6 Å². The number of aromatic nitrogens is 1. The smallest absolute Gasteiger partial charge is 0.300 e. The molecule has 3 aromatic rings. The molecular weight excluding hydrogens is 444 g/mol. The van der Waals surface area contributed by atoms with Crippen molar-refractivity contribution < 1.29 is 24.2 Å². The molecule has 1 unspecified atom stereocenters. The SMILES string of the molecule is CCOc1ccc(Cl)c(/C(O)=C2\C(=O)C(=O)N(c3ccccc3OC)C2c2ccccn2)c1. The largest absolute Gasteiger partial charge is 0.507 e. The Morgan fingerprint density at radius 2 is 1.88 bits per heavy atom. The second kappa shape index (κ2) is 9.34. The number of para-hydroxylation sites is 2. The van der Waals surface area contributed by atoms with Crippen LogP contribution in [0.5, 0.6) is 11.5 Å². The van der Waals surface area contributed by atoms with Gasteiger partial charge in [0.1, 0.15) is 23.3 Å². The van der Waals surface area contributed by atoms with Gasteiger partial charge in [-0.05, 0) is 49.4 Å². The van der Waals surface area contributed by atoms with E-state index in [-0.39, 0.29) is 16.2 Å². The molecule has 0 saturated carbocycles. The molecule has 1 N–H and O–H groups in total. The fraction of sp³-hybridized carbons (Fsp3) is 0.160. The van der Waals surface area contributed by atoms with Crippen LogP contribution in [0.3, 0.4) is 0 Å². The molecule has 1 amide bonds. The molecule has 2 aromatic carbocycles. The molecule has 0 aliphatic carbocycles. The van der Waals surface area contributed by atoms with E-state index < -0.39 is 23.5 Å². The molecule has 1 aromatic heterocycles. The van der Waals surface area contributed by atoms with E-state index >= 15 is 0 Å². The molecule has 0 spiro atoms. The Bertz CT molecular complexity index is 1240. The minimum atomic E-state index is -0.991. The Labute approximate surface area is 195 Å². The zero-order valence-corrected chi connectivity index (χ0v) is 18.7. The van der Waals surface area contributed by atoms with Gasteiger partial charge in [0, 0.05) is 11.8 Å². The number of ether oxygens (including phenoxy) is 2. The number of nitrogens with zero attached hydrogens (tertiary/aromatic N) is 2. The van der Waals surface area contributed by atoms with Gasteiger partial charge in [0.15, 0.2) is 0 Å². The van der Waals surface area contributed by atoms with Gasteiger partial charge in [0.25, 0.3) is 11.7 Å². The fourth-order valence-corrected chi connectivity index (χ4v) is 4.02. The third-order valence-corrected chi connectivity index (χ3v) is 5.59. The van der Waals surface area contributed by atoms with Crippen LogP contribution in [-0.4, -0.2) is 35.5 Å². The number of amides is 1. The molecule has 7 nitrogen and oxygen atoms in total. The highest BCUT2D eigenvalue weighted by atomic mass is 35.5. The van der Waals surface area contributed by atoms with Crippen LogP contribution < -0.4 is 14.4 Å². The van der Waals surface area contributed by atoms with E-state index in [1.165, 1.54) is 18.1 Å².